The van der Waals surface area contributed by atoms with Crippen molar-refractivity contribution in [3.8, 4) is 23.0 Å². The number of fused-ring (bicyclic) bond motifs is 3. The van der Waals surface area contributed by atoms with Crippen LogP contribution in [0, 0.1) is 25.2 Å². The van der Waals surface area contributed by atoms with Gasteiger partial charge in [-0.2, -0.15) is 0 Å². The molecule has 11 heteroatoms. The summed E-state index contributed by atoms with van der Waals surface area (Å²) in [5.74, 6) is 2.71. The molecule has 0 spiro atoms. The number of piperazine rings is 2. The summed E-state index contributed by atoms with van der Waals surface area (Å²) < 4.78 is 27.7. The third kappa shape index (κ3) is 8.40. The molecule has 4 atom stereocenters. The van der Waals surface area contributed by atoms with Gasteiger partial charge in [-0.05, 0) is 98.2 Å². The second kappa shape index (κ2) is 17.2. The SMILES string of the molecule is COc1cc(CN2CCN(CC3C(=O)O[C@H]4C5=C(C)CCC[C@]5(C)CCC34O)CC2)c(C)c(OC)c1.COc1cc(CN2CCNCC2)c(C)c(OC)c1. The van der Waals surface area contributed by atoms with Gasteiger partial charge < -0.3 is 34.1 Å². The number of esters is 1. The molecular formula is C43H64N4O7. The maximum absolute atomic E-state index is 13.1. The Morgan fingerprint density at radius 2 is 1.30 bits per heavy atom. The van der Waals surface area contributed by atoms with Crippen LogP contribution in [-0.4, -0.2) is 125 Å². The summed E-state index contributed by atoms with van der Waals surface area (Å²) >= 11 is 0. The number of carbonyl (C=O) groups is 1. The van der Waals surface area contributed by atoms with Crippen LogP contribution in [-0.2, 0) is 22.6 Å². The van der Waals surface area contributed by atoms with Crippen LogP contribution in [0.5, 0.6) is 23.0 Å². The molecule has 0 radical (unpaired) electrons. The van der Waals surface area contributed by atoms with Crippen molar-refractivity contribution in [2.75, 3.05) is 87.3 Å². The second-order valence-electron chi connectivity index (χ2n) is 16.3. The first-order chi connectivity index (χ1) is 25.9. The summed E-state index contributed by atoms with van der Waals surface area (Å²) in [4.78, 5) is 20.3. The summed E-state index contributed by atoms with van der Waals surface area (Å²) in [7, 11) is 6.77. The van der Waals surface area contributed by atoms with Gasteiger partial charge >= 0.3 is 5.97 Å². The molecule has 3 heterocycles. The summed E-state index contributed by atoms with van der Waals surface area (Å²) in [5.41, 5.74) is 6.34. The van der Waals surface area contributed by atoms with Crippen molar-refractivity contribution >= 4 is 5.97 Å². The Labute approximate surface area is 322 Å². The molecule has 11 nitrogen and oxygen atoms in total. The van der Waals surface area contributed by atoms with Gasteiger partial charge in [0.15, 0.2) is 6.10 Å². The summed E-state index contributed by atoms with van der Waals surface area (Å²) in [6, 6.07) is 8.07. The van der Waals surface area contributed by atoms with Gasteiger partial charge in [0.25, 0.3) is 0 Å². The van der Waals surface area contributed by atoms with E-state index in [9.17, 15) is 9.90 Å². The minimum absolute atomic E-state index is 0.0565. The Hall–Kier alpha value is -3.35. The average molecular weight is 749 g/mol. The van der Waals surface area contributed by atoms with Crippen LogP contribution in [0.4, 0.5) is 0 Å². The summed E-state index contributed by atoms with van der Waals surface area (Å²) in [5, 5.41) is 15.2. The highest BCUT2D eigenvalue weighted by molar-refractivity contribution is 5.78. The number of hydrogen-bond acceptors (Lipinski definition) is 11. The monoisotopic (exact) mass is 748 g/mol. The number of rotatable bonds is 10. The Kier molecular flexibility index (Phi) is 12.8. The molecule has 54 heavy (non-hydrogen) atoms. The van der Waals surface area contributed by atoms with E-state index in [1.807, 2.05) is 12.1 Å². The first-order valence-electron chi connectivity index (χ1n) is 19.9. The molecule has 3 aliphatic heterocycles. The molecule has 2 aromatic carbocycles. The largest absolute Gasteiger partial charge is 0.497 e. The molecule has 0 amide bonds. The lowest BCUT2D eigenvalue weighted by molar-refractivity contribution is -0.144. The molecule has 2 aliphatic carbocycles. The van der Waals surface area contributed by atoms with Gasteiger partial charge in [0, 0.05) is 84.1 Å². The number of allylic oxidation sites excluding steroid dienone is 1. The maximum Gasteiger partial charge on any atom is 0.314 e. The first-order valence-corrected chi connectivity index (χ1v) is 19.9. The number of methoxy groups -OCH3 is 4. The van der Waals surface area contributed by atoms with Crippen molar-refractivity contribution in [1.82, 2.24) is 20.0 Å². The van der Waals surface area contributed by atoms with Crippen molar-refractivity contribution < 1.29 is 33.6 Å². The van der Waals surface area contributed by atoms with Crippen LogP contribution in [0.25, 0.3) is 0 Å². The molecule has 7 rings (SSSR count). The number of nitrogens with one attached hydrogen (secondary N) is 1. The zero-order chi connectivity index (χ0) is 38.6. The van der Waals surface area contributed by atoms with Gasteiger partial charge in [0.1, 0.15) is 34.5 Å². The van der Waals surface area contributed by atoms with Crippen LogP contribution >= 0.6 is 0 Å². The lowest BCUT2D eigenvalue weighted by Crippen LogP contribution is -2.56. The zero-order valence-electron chi connectivity index (χ0n) is 34.0. The van der Waals surface area contributed by atoms with Crippen LogP contribution < -0.4 is 24.3 Å². The van der Waals surface area contributed by atoms with Crippen molar-refractivity contribution in [2.24, 2.45) is 11.3 Å². The van der Waals surface area contributed by atoms with E-state index in [1.54, 1.807) is 28.4 Å². The van der Waals surface area contributed by atoms with Gasteiger partial charge in [-0.3, -0.25) is 19.5 Å². The fourth-order valence-electron chi connectivity index (χ4n) is 9.50. The molecule has 2 N–H and O–H groups in total. The third-order valence-corrected chi connectivity index (χ3v) is 13.0. The smallest absolute Gasteiger partial charge is 0.314 e. The molecule has 0 aromatic heterocycles. The van der Waals surface area contributed by atoms with Crippen LogP contribution in [0.3, 0.4) is 0 Å². The van der Waals surface area contributed by atoms with Gasteiger partial charge in [0.05, 0.1) is 28.4 Å². The molecule has 0 bridgehead atoms. The molecule has 2 unspecified atom stereocenters. The van der Waals surface area contributed by atoms with Gasteiger partial charge in [0.2, 0.25) is 0 Å². The molecular weight excluding hydrogens is 684 g/mol. The van der Waals surface area contributed by atoms with E-state index in [2.05, 4.69) is 59.8 Å². The lowest BCUT2D eigenvalue weighted by atomic mass is 9.58. The minimum atomic E-state index is -1.09. The standard InChI is InChI=1S/C29H42N2O5.C14H22N2O2/c1-19-7-6-8-28(3)9-10-29(33)23(27(32)36-26(29)25(19)28)18-31-13-11-30(12-14-31)17-21-15-22(34-4)16-24(35-5)20(21)2;1-11-12(10-16-6-4-15-5-7-16)8-13(17-2)9-14(11)18-3/h15-16,23,26,33H,6-14,17-18H2,1-5H3;8-9,15H,4-7,10H2,1-3H3/t23?,26-,28+,29?;/m0./s1. The third-order valence-electron chi connectivity index (χ3n) is 13.0. The van der Waals surface area contributed by atoms with E-state index >= 15 is 0 Å². The van der Waals surface area contributed by atoms with Gasteiger partial charge in [-0.15, -0.1) is 0 Å². The van der Waals surface area contributed by atoms with Crippen molar-refractivity contribution in [3.05, 3.63) is 57.7 Å². The Morgan fingerprint density at radius 1 is 0.759 bits per heavy atom. The van der Waals surface area contributed by atoms with Crippen LogP contribution in [0.15, 0.2) is 35.4 Å². The highest BCUT2D eigenvalue weighted by Gasteiger charge is 2.63. The quantitative estimate of drug-likeness (QED) is 0.250. The van der Waals surface area contributed by atoms with E-state index in [0.717, 1.165) is 113 Å². The van der Waals surface area contributed by atoms with Crippen molar-refractivity contribution in [2.45, 2.75) is 84.6 Å². The Morgan fingerprint density at radius 3 is 1.83 bits per heavy atom. The molecule has 298 valence electrons. The zero-order valence-corrected chi connectivity index (χ0v) is 34.0. The highest BCUT2D eigenvalue weighted by atomic mass is 16.6. The molecule has 3 saturated heterocycles. The fourth-order valence-corrected chi connectivity index (χ4v) is 9.50. The van der Waals surface area contributed by atoms with E-state index in [0.29, 0.717) is 13.0 Å². The van der Waals surface area contributed by atoms with E-state index in [-0.39, 0.29) is 11.4 Å². The van der Waals surface area contributed by atoms with Crippen molar-refractivity contribution in [1.29, 1.82) is 0 Å². The first kappa shape index (κ1) is 40.3. The number of carbonyl (C=O) groups excluding carboxylic acids is 1. The Bertz CT molecular complexity index is 1670. The molecule has 5 aliphatic rings. The summed E-state index contributed by atoms with van der Waals surface area (Å²) in [6.45, 7) is 18.9. The highest BCUT2D eigenvalue weighted by Crippen LogP contribution is 2.57. The molecule has 4 fully saturated rings. The number of hydrogen-bond donors (Lipinski definition) is 2. The number of benzene rings is 2. The second-order valence-corrected chi connectivity index (χ2v) is 16.3. The lowest BCUT2D eigenvalue weighted by Gasteiger charge is -2.49. The van der Waals surface area contributed by atoms with Gasteiger partial charge in [-0.1, -0.05) is 12.5 Å². The van der Waals surface area contributed by atoms with Gasteiger partial charge in [-0.25, -0.2) is 0 Å². The van der Waals surface area contributed by atoms with Crippen LogP contribution in [0.2, 0.25) is 0 Å². The predicted octanol–water partition coefficient (Wildman–Crippen LogP) is 5.12. The number of ether oxygens (including phenoxy) is 5. The van der Waals surface area contributed by atoms with E-state index in [4.69, 9.17) is 23.7 Å². The van der Waals surface area contributed by atoms with E-state index < -0.39 is 17.6 Å². The minimum Gasteiger partial charge on any atom is -0.497 e. The summed E-state index contributed by atoms with van der Waals surface area (Å²) in [6.07, 6.45) is 4.44. The van der Waals surface area contributed by atoms with Crippen molar-refractivity contribution in [3.63, 3.8) is 0 Å². The fraction of sp³-hybridized carbons (Fsp3) is 0.651. The maximum atomic E-state index is 13.1. The van der Waals surface area contributed by atoms with E-state index in [1.165, 1.54) is 34.3 Å². The Balaban J connectivity index is 0.000000232. The molecule has 2 aromatic rings. The van der Waals surface area contributed by atoms with Crippen LogP contribution in [0.1, 0.15) is 68.2 Å². The molecule has 1 saturated carbocycles. The number of nitrogens with zero attached hydrogens (tertiary/aromatic N) is 3. The predicted molar refractivity (Wildman–Crippen MR) is 211 cm³/mol. The normalized spacial score (nSPS) is 27.7. The number of aliphatic hydroxyl groups is 1. The average Bonchev–Trinajstić information content (AvgIpc) is 3.42. The topological polar surface area (TPSA) is 105 Å².